The number of aromatic nitrogens is 5. The summed E-state index contributed by atoms with van der Waals surface area (Å²) in [5.74, 6) is 1.28. The Morgan fingerprint density at radius 3 is 3.00 bits per heavy atom. The van der Waals surface area contributed by atoms with Crippen molar-refractivity contribution < 1.29 is 4.79 Å². The second-order valence-electron chi connectivity index (χ2n) is 5.47. The average molecular weight is 289 g/mol. The topological polar surface area (TPSA) is 89.7 Å². The number of carbonyl (C=O) groups is 1. The summed E-state index contributed by atoms with van der Waals surface area (Å²) in [4.78, 5) is 15.9. The minimum Gasteiger partial charge on any atom is -0.334 e. The first-order valence-corrected chi connectivity index (χ1v) is 7.05. The predicted molar refractivity (Wildman–Crippen MR) is 76.8 cm³/mol. The van der Waals surface area contributed by atoms with E-state index in [0.29, 0.717) is 18.3 Å². The molecule has 2 heterocycles. The van der Waals surface area contributed by atoms with Gasteiger partial charge in [0.15, 0.2) is 0 Å². The van der Waals surface area contributed by atoms with Gasteiger partial charge in [0.05, 0.1) is 12.2 Å². The molecule has 0 unspecified atom stereocenters. The Bertz CT molecular complexity index is 615. The minimum absolute atomic E-state index is 0.0529. The molecule has 0 bridgehead atoms. The van der Waals surface area contributed by atoms with Gasteiger partial charge in [-0.25, -0.2) is 9.78 Å². The SMILES string of the molecule is C[C@H](Cn1cncn1)NC(=O)Nc1cc(C2CC2)nn1C. The molecule has 0 spiro atoms. The van der Waals surface area contributed by atoms with E-state index in [-0.39, 0.29) is 12.1 Å². The van der Waals surface area contributed by atoms with Crippen LogP contribution in [0.15, 0.2) is 18.7 Å². The van der Waals surface area contributed by atoms with Crippen molar-refractivity contribution in [2.45, 2.75) is 38.3 Å². The number of aryl methyl sites for hydroxylation is 1. The molecule has 2 N–H and O–H groups in total. The van der Waals surface area contributed by atoms with Gasteiger partial charge in [0.1, 0.15) is 18.5 Å². The van der Waals surface area contributed by atoms with Crippen LogP contribution in [0.5, 0.6) is 0 Å². The second kappa shape index (κ2) is 5.55. The molecule has 2 aromatic heterocycles. The summed E-state index contributed by atoms with van der Waals surface area (Å²) in [7, 11) is 1.83. The van der Waals surface area contributed by atoms with Gasteiger partial charge in [-0.2, -0.15) is 10.2 Å². The van der Waals surface area contributed by atoms with E-state index in [1.54, 1.807) is 15.7 Å². The molecule has 8 nitrogen and oxygen atoms in total. The first-order chi connectivity index (χ1) is 10.1. The van der Waals surface area contributed by atoms with E-state index in [9.17, 15) is 4.79 Å². The van der Waals surface area contributed by atoms with E-state index in [1.807, 2.05) is 20.0 Å². The van der Waals surface area contributed by atoms with Gasteiger partial charge in [0.2, 0.25) is 0 Å². The van der Waals surface area contributed by atoms with E-state index in [4.69, 9.17) is 0 Å². The third kappa shape index (κ3) is 3.39. The van der Waals surface area contributed by atoms with Crippen molar-refractivity contribution in [1.82, 2.24) is 29.9 Å². The number of hydrogen-bond acceptors (Lipinski definition) is 4. The lowest BCUT2D eigenvalue weighted by molar-refractivity contribution is 0.247. The largest absolute Gasteiger partial charge is 0.334 e. The molecule has 0 radical (unpaired) electrons. The molecular formula is C13H19N7O. The normalized spacial score (nSPS) is 15.7. The van der Waals surface area contributed by atoms with Crippen molar-refractivity contribution in [3.05, 3.63) is 24.4 Å². The van der Waals surface area contributed by atoms with Crippen LogP contribution < -0.4 is 10.6 Å². The molecular weight excluding hydrogens is 270 g/mol. The number of anilines is 1. The summed E-state index contributed by atoms with van der Waals surface area (Å²) >= 11 is 0. The lowest BCUT2D eigenvalue weighted by atomic mass is 10.3. The molecule has 2 amide bonds. The monoisotopic (exact) mass is 289 g/mol. The van der Waals surface area contributed by atoms with Gasteiger partial charge in [-0.15, -0.1) is 0 Å². The third-order valence-corrected chi connectivity index (χ3v) is 3.44. The molecule has 3 rings (SSSR count). The van der Waals surface area contributed by atoms with Gasteiger partial charge >= 0.3 is 6.03 Å². The zero-order chi connectivity index (χ0) is 14.8. The van der Waals surface area contributed by atoms with Gasteiger partial charge in [-0.1, -0.05) is 0 Å². The Labute approximate surface area is 122 Å². The predicted octanol–water partition coefficient (Wildman–Crippen LogP) is 1.10. The molecule has 1 atom stereocenters. The third-order valence-electron chi connectivity index (χ3n) is 3.44. The quantitative estimate of drug-likeness (QED) is 0.862. The fraction of sp³-hybridized carbons (Fsp3) is 0.538. The number of nitrogens with one attached hydrogen (secondary N) is 2. The number of amides is 2. The molecule has 1 aliphatic carbocycles. The van der Waals surface area contributed by atoms with E-state index >= 15 is 0 Å². The summed E-state index contributed by atoms with van der Waals surface area (Å²) < 4.78 is 3.38. The molecule has 1 aliphatic rings. The number of hydrogen-bond donors (Lipinski definition) is 2. The Morgan fingerprint density at radius 2 is 2.33 bits per heavy atom. The van der Waals surface area contributed by atoms with Crippen molar-refractivity contribution in [2.24, 2.45) is 7.05 Å². The number of nitrogens with zero attached hydrogens (tertiary/aromatic N) is 5. The Kier molecular flexibility index (Phi) is 3.59. The molecule has 0 aromatic carbocycles. The highest BCUT2D eigenvalue weighted by Gasteiger charge is 2.27. The van der Waals surface area contributed by atoms with E-state index in [1.165, 1.54) is 19.2 Å². The highest BCUT2D eigenvalue weighted by Crippen LogP contribution is 2.39. The maximum absolute atomic E-state index is 12.0. The summed E-state index contributed by atoms with van der Waals surface area (Å²) in [6, 6.07) is 1.65. The highest BCUT2D eigenvalue weighted by molar-refractivity contribution is 5.88. The van der Waals surface area contributed by atoms with Gasteiger partial charge in [-0.3, -0.25) is 14.7 Å². The maximum Gasteiger partial charge on any atom is 0.320 e. The summed E-state index contributed by atoms with van der Waals surface area (Å²) in [6.07, 6.45) is 5.48. The Hall–Kier alpha value is -2.38. The van der Waals surface area contributed by atoms with Crippen LogP contribution in [-0.4, -0.2) is 36.6 Å². The number of rotatable bonds is 5. The van der Waals surface area contributed by atoms with Crippen LogP contribution in [0, 0.1) is 0 Å². The fourth-order valence-corrected chi connectivity index (χ4v) is 2.21. The molecule has 0 saturated heterocycles. The van der Waals surface area contributed by atoms with Crippen LogP contribution in [0.2, 0.25) is 0 Å². The van der Waals surface area contributed by atoms with Crippen molar-refractivity contribution >= 4 is 11.8 Å². The van der Waals surface area contributed by atoms with Crippen LogP contribution in [0.3, 0.4) is 0 Å². The molecule has 0 aliphatic heterocycles. The first kappa shape index (κ1) is 13.6. The Balaban J connectivity index is 1.53. The molecule has 1 saturated carbocycles. The van der Waals surface area contributed by atoms with E-state index in [2.05, 4.69) is 25.8 Å². The van der Waals surface area contributed by atoms with E-state index < -0.39 is 0 Å². The summed E-state index contributed by atoms with van der Waals surface area (Å²) in [6.45, 7) is 2.49. The second-order valence-corrected chi connectivity index (χ2v) is 5.47. The zero-order valence-electron chi connectivity index (χ0n) is 12.2. The number of urea groups is 1. The van der Waals surface area contributed by atoms with Crippen LogP contribution in [0.1, 0.15) is 31.4 Å². The van der Waals surface area contributed by atoms with Gasteiger partial charge < -0.3 is 5.32 Å². The lowest BCUT2D eigenvalue weighted by Gasteiger charge is -2.14. The summed E-state index contributed by atoms with van der Waals surface area (Å²) in [5.41, 5.74) is 1.06. The maximum atomic E-state index is 12.0. The summed E-state index contributed by atoms with van der Waals surface area (Å²) in [5, 5.41) is 14.1. The molecule has 21 heavy (non-hydrogen) atoms. The van der Waals surface area contributed by atoms with Gasteiger partial charge in [0.25, 0.3) is 0 Å². The number of carbonyl (C=O) groups excluding carboxylic acids is 1. The van der Waals surface area contributed by atoms with Crippen LogP contribution in [0.25, 0.3) is 0 Å². The molecule has 2 aromatic rings. The van der Waals surface area contributed by atoms with Gasteiger partial charge in [0, 0.05) is 25.1 Å². The van der Waals surface area contributed by atoms with Crippen molar-refractivity contribution in [1.29, 1.82) is 0 Å². The van der Waals surface area contributed by atoms with Crippen molar-refractivity contribution in [3.8, 4) is 0 Å². The van der Waals surface area contributed by atoms with Crippen LogP contribution >= 0.6 is 0 Å². The fourth-order valence-electron chi connectivity index (χ4n) is 2.21. The molecule has 8 heteroatoms. The van der Waals surface area contributed by atoms with Crippen LogP contribution in [-0.2, 0) is 13.6 Å². The van der Waals surface area contributed by atoms with Gasteiger partial charge in [-0.05, 0) is 19.8 Å². The smallest absolute Gasteiger partial charge is 0.320 e. The first-order valence-electron chi connectivity index (χ1n) is 7.05. The zero-order valence-corrected chi connectivity index (χ0v) is 12.2. The molecule has 112 valence electrons. The minimum atomic E-state index is -0.243. The van der Waals surface area contributed by atoms with E-state index in [0.717, 1.165) is 5.69 Å². The van der Waals surface area contributed by atoms with Crippen molar-refractivity contribution in [3.63, 3.8) is 0 Å². The lowest BCUT2D eigenvalue weighted by Crippen LogP contribution is -2.39. The van der Waals surface area contributed by atoms with Crippen LogP contribution in [0.4, 0.5) is 10.6 Å². The Morgan fingerprint density at radius 1 is 1.52 bits per heavy atom. The standard InChI is InChI=1S/C13H19N7O/c1-9(6-20-8-14-7-15-20)16-13(21)17-12-5-11(10-3-4-10)18-19(12)2/h5,7-10H,3-4,6H2,1-2H3,(H2,16,17,21)/t9-/m1/s1. The van der Waals surface area contributed by atoms with Crippen molar-refractivity contribution in [2.75, 3.05) is 5.32 Å². The highest BCUT2D eigenvalue weighted by atomic mass is 16.2. The average Bonchev–Trinajstić information content (AvgIpc) is 3.04. The molecule has 1 fully saturated rings.